The number of carboxylic acids is 1. The topological polar surface area (TPSA) is 67.6 Å². The second kappa shape index (κ2) is 23.5. The highest BCUT2D eigenvalue weighted by atomic mass is 32.1. The van der Waals surface area contributed by atoms with Crippen LogP contribution < -0.4 is 9.80 Å². The van der Waals surface area contributed by atoms with E-state index in [1.54, 1.807) is 0 Å². The minimum absolute atomic E-state index is 0.00621. The van der Waals surface area contributed by atoms with Gasteiger partial charge in [-0.3, -0.25) is 0 Å². The molecule has 1 N–H and O–H groups in total. The van der Waals surface area contributed by atoms with E-state index in [-0.39, 0.29) is 17.4 Å². The first-order valence-corrected chi connectivity index (χ1v) is 27.1. The molecule has 0 amide bonds. The number of fused-ring (bicyclic) bond motifs is 2. The fraction of sp³-hybridized carbons (Fsp3) is 0.0411. The molecule has 1 heterocycles. The van der Waals surface area contributed by atoms with Gasteiger partial charge in [0.05, 0.1) is 11.4 Å². The SMILES string of the molecule is C=C/C(=C\C=C(/C)C(c1ccccc1)c1ccccc1)N(c1cc(-c2ccc(/C=C(/C#N)C(=O)O)s2)cc(N(c2ccc(C(c3ccccc3)c3ccccc3)cc2)c2cccc3ccccc23)c1)c1cccc2ccccc12. The van der Waals surface area contributed by atoms with Crippen molar-refractivity contribution in [2.45, 2.75) is 18.8 Å². The predicted molar refractivity (Wildman–Crippen MR) is 330 cm³/mol. The van der Waals surface area contributed by atoms with E-state index in [0.29, 0.717) is 4.88 Å². The Balaban J connectivity index is 1.16. The highest BCUT2D eigenvalue weighted by molar-refractivity contribution is 7.16. The first kappa shape index (κ1) is 51.1. The molecule has 11 rings (SSSR count). The van der Waals surface area contributed by atoms with Crippen molar-refractivity contribution >= 4 is 73.4 Å². The van der Waals surface area contributed by atoms with Gasteiger partial charge in [-0.25, -0.2) is 4.79 Å². The predicted octanol–water partition coefficient (Wildman–Crippen LogP) is 19.3. The van der Waals surface area contributed by atoms with Crippen LogP contribution in [-0.2, 0) is 4.79 Å². The Labute approximate surface area is 466 Å². The Morgan fingerprint density at radius 3 is 1.58 bits per heavy atom. The number of anilines is 5. The molecule has 0 aliphatic heterocycles. The number of carbonyl (C=O) groups is 1. The molecule has 1 aromatic heterocycles. The van der Waals surface area contributed by atoms with Gasteiger partial charge in [0.2, 0.25) is 0 Å². The van der Waals surface area contributed by atoms with E-state index in [1.165, 1.54) is 45.2 Å². The van der Waals surface area contributed by atoms with Crippen molar-refractivity contribution in [2.24, 2.45) is 0 Å². The van der Waals surface area contributed by atoms with E-state index in [2.05, 4.69) is 284 Å². The molecule has 11 aromatic rings. The van der Waals surface area contributed by atoms with E-state index in [9.17, 15) is 15.2 Å². The lowest BCUT2D eigenvalue weighted by molar-refractivity contribution is -0.132. The maximum atomic E-state index is 12.1. The van der Waals surface area contributed by atoms with Crippen LogP contribution >= 0.6 is 11.3 Å². The Kier molecular flexibility index (Phi) is 15.2. The van der Waals surface area contributed by atoms with Crippen LogP contribution in [0, 0.1) is 11.3 Å². The average molecular weight is 1040 g/mol. The molecular formula is C73H55N3O2S. The summed E-state index contributed by atoms with van der Waals surface area (Å²) >= 11 is 1.44. The highest BCUT2D eigenvalue weighted by Gasteiger charge is 2.24. The molecule has 380 valence electrons. The molecular weight excluding hydrogens is 983 g/mol. The van der Waals surface area contributed by atoms with Crippen LogP contribution in [0.15, 0.2) is 303 Å². The Morgan fingerprint density at radius 2 is 1.03 bits per heavy atom. The van der Waals surface area contributed by atoms with Crippen LogP contribution in [0.4, 0.5) is 28.4 Å². The monoisotopic (exact) mass is 1040 g/mol. The molecule has 5 nitrogen and oxygen atoms in total. The van der Waals surface area contributed by atoms with Gasteiger partial charge >= 0.3 is 5.97 Å². The second-order valence-electron chi connectivity index (χ2n) is 19.4. The van der Waals surface area contributed by atoms with Crippen LogP contribution in [-0.4, -0.2) is 11.1 Å². The van der Waals surface area contributed by atoms with E-state index in [1.807, 2.05) is 24.3 Å². The number of rotatable bonds is 17. The maximum Gasteiger partial charge on any atom is 0.346 e. The smallest absolute Gasteiger partial charge is 0.346 e. The molecule has 0 spiro atoms. The van der Waals surface area contributed by atoms with Crippen LogP contribution in [0.5, 0.6) is 0 Å². The number of benzene rings is 10. The third kappa shape index (κ3) is 11.0. The Hall–Kier alpha value is -10.1. The van der Waals surface area contributed by atoms with Crippen molar-refractivity contribution in [3.05, 3.63) is 335 Å². The number of hydrogen-bond acceptors (Lipinski definition) is 5. The molecule has 0 saturated heterocycles. The summed E-state index contributed by atoms with van der Waals surface area (Å²) in [6.07, 6.45) is 7.77. The normalized spacial score (nSPS) is 11.9. The number of nitrogens with zero attached hydrogens (tertiary/aromatic N) is 3. The van der Waals surface area contributed by atoms with E-state index in [4.69, 9.17) is 0 Å². The summed E-state index contributed by atoms with van der Waals surface area (Å²) in [6, 6.07) is 93.8. The van der Waals surface area contributed by atoms with Crippen LogP contribution in [0.3, 0.4) is 0 Å². The van der Waals surface area contributed by atoms with Crippen molar-refractivity contribution in [1.82, 2.24) is 0 Å². The lowest BCUT2D eigenvalue weighted by Crippen LogP contribution is -2.17. The molecule has 0 unspecified atom stereocenters. The summed E-state index contributed by atoms with van der Waals surface area (Å²) in [7, 11) is 0. The number of hydrogen-bond donors (Lipinski definition) is 1. The number of carboxylic acid groups (broad SMARTS) is 1. The minimum atomic E-state index is -1.27. The average Bonchev–Trinajstić information content (AvgIpc) is 4.04. The fourth-order valence-electron chi connectivity index (χ4n) is 10.8. The quantitative estimate of drug-likeness (QED) is 0.0426. The first-order valence-electron chi connectivity index (χ1n) is 26.3. The highest BCUT2D eigenvalue weighted by Crippen LogP contribution is 2.47. The van der Waals surface area contributed by atoms with Gasteiger partial charge in [0.25, 0.3) is 0 Å². The van der Waals surface area contributed by atoms with Gasteiger partial charge in [0.15, 0.2) is 0 Å². The minimum Gasteiger partial charge on any atom is -0.477 e. The van der Waals surface area contributed by atoms with Gasteiger partial charge < -0.3 is 14.9 Å². The van der Waals surface area contributed by atoms with E-state index in [0.717, 1.165) is 71.7 Å². The van der Waals surface area contributed by atoms with Gasteiger partial charge in [0, 0.05) is 55.1 Å². The molecule has 0 fully saturated rings. The van der Waals surface area contributed by atoms with Gasteiger partial charge in [-0.1, -0.05) is 224 Å². The zero-order chi connectivity index (χ0) is 54.1. The summed E-state index contributed by atoms with van der Waals surface area (Å²) in [5, 5.41) is 24.0. The van der Waals surface area contributed by atoms with Crippen molar-refractivity contribution in [2.75, 3.05) is 9.80 Å². The standard InChI is InChI=1S/C73H55N3O2S/c1-3-61(41-38-51(2)71(54-24-8-4-9-25-54)55-26-10-5-11-27-55)75(68-36-20-32-52-22-16-18-34-66(52)68)63-46-59(70-45-44-65(79-70)48-60(50-74)73(77)78)47-64(49-63)76(69-37-21-33-53-23-17-19-35-67(53)69)62-42-39-58(40-43-62)72(56-28-12-6-13-29-56)57-30-14-7-15-31-57/h3-49,71-72H,1H2,2H3,(H,77,78)/b51-38+,60-48-,61-41+. The summed E-state index contributed by atoms with van der Waals surface area (Å²) in [5.74, 6) is -1.25. The Morgan fingerprint density at radius 1 is 0.532 bits per heavy atom. The largest absolute Gasteiger partial charge is 0.477 e. The first-order chi connectivity index (χ1) is 38.8. The third-order valence-corrected chi connectivity index (χ3v) is 15.5. The Bertz CT molecular complexity index is 4010. The summed E-state index contributed by atoms with van der Waals surface area (Å²) < 4.78 is 0. The molecule has 0 saturated carbocycles. The van der Waals surface area contributed by atoms with Crippen molar-refractivity contribution in [3.8, 4) is 16.5 Å². The van der Waals surface area contributed by atoms with Crippen molar-refractivity contribution < 1.29 is 9.90 Å². The van der Waals surface area contributed by atoms with Crippen molar-refractivity contribution in [3.63, 3.8) is 0 Å². The molecule has 0 bridgehead atoms. The molecule has 79 heavy (non-hydrogen) atoms. The van der Waals surface area contributed by atoms with Gasteiger partial charge in [-0.15, -0.1) is 11.3 Å². The molecule has 0 radical (unpaired) electrons. The van der Waals surface area contributed by atoms with Crippen molar-refractivity contribution in [1.29, 1.82) is 5.26 Å². The summed E-state index contributed by atoms with van der Waals surface area (Å²) in [4.78, 5) is 18.3. The summed E-state index contributed by atoms with van der Waals surface area (Å²) in [5.41, 5.74) is 13.2. The molecule has 0 aliphatic carbocycles. The zero-order valence-corrected chi connectivity index (χ0v) is 44.4. The van der Waals surface area contributed by atoms with Gasteiger partial charge in [0.1, 0.15) is 11.6 Å². The van der Waals surface area contributed by atoms with Gasteiger partial charge in [-0.05, 0) is 124 Å². The maximum absolute atomic E-state index is 12.1. The third-order valence-electron chi connectivity index (χ3n) is 14.4. The van der Waals surface area contributed by atoms with E-state index >= 15 is 0 Å². The lowest BCUT2D eigenvalue weighted by atomic mass is 9.85. The molecule has 10 aromatic carbocycles. The number of thiophene rings is 1. The number of allylic oxidation sites excluding steroid dienone is 4. The number of aliphatic carboxylic acids is 1. The second-order valence-corrected chi connectivity index (χ2v) is 20.5. The lowest BCUT2D eigenvalue weighted by Gasteiger charge is -2.32. The van der Waals surface area contributed by atoms with Crippen LogP contribution in [0.25, 0.3) is 38.1 Å². The molecule has 6 heteroatoms. The fourth-order valence-corrected chi connectivity index (χ4v) is 11.7. The number of nitriles is 1. The summed E-state index contributed by atoms with van der Waals surface area (Å²) in [6.45, 7) is 6.71. The molecule has 0 aliphatic rings. The van der Waals surface area contributed by atoms with Gasteiger partial charge in [-0.2, -0.15) is 5.26 Å². The molecule has 0 atom stereocenters. The zero-order valence-electron chi connectivity index (χ0n) is 43.6. The van der Waals surface area contributed by atoms with Crippen LogP contribution in [0.1, 0.15) is 51.5 Å². The van der Waals surface area contributed by atoms with E-state index < -0.39 is 5.97 Å². The van der Waals surface area contributed by atoms with Crippen LogP contribution in [0.2, 0.25) is 0 Å².